The number of para-hydroxylation sites is 1. The number of carbonyl (C=O) groups is 3. The van der Waals surface area contributed by atoms with E-state index in [2.05, 4.69) is 5.32 Å². The molecule has 1 N–H and O–H groups in total. The van der Waals surface area contributed by atoms with Crippen LogP contribution in [0.15, 0.2) is 77.2 Å². The largest absolute Gasteiger partial charge is 0.462 e. The number of esters is 1. The van der Waals surface area contributed by atoms with E-state index in [1.165, 1.54) is 12.2 Å². The first kappa shape index (κ1) is 19.8. The summed E-state index contributed by atoms with van der Waals surface area (Å²) in [5.74, 6) is -0.203. The smallest absolute Gasteiger partial charge is 0.331 e. The van der Waals surface area contributed by atoms with Gasteiger partial charge in [0.05, 0.1) is 5.69 Å². The van der Waals surface area contributed by atoms with E-state index >= 15 is 0 Å². The normalized spacial score (nSPS) is 10.7. The van der Waals surface area contributed by atoms with Crippen LogP contribution in [0.5, 0.6) is 0 Å². The molecule has 3 rings (SSSR count). The van der Waals surface area contributed by atoms with Crippen molar-refractivity contribution in [3.05, 3.63) is 95.5 Å². The molecule has 0 bridgehead atoms. The van der Waals surface area contributed by atoms with Gasteiger partial charge in [-0.15, -0.1) is 0 Å². The molecule has 0 spiro atoms. The zero-order valence-corrected chi connectivity index (χ0v) is 15.8. The maximum atomic E-state index is 12.7. The van der Waals surface area contributed by atoms with Crippen molar-refractivity contribution in [2.24, 2.45) is 0 Å². The third-order valence-corrected chi connectivity index (χ3v) is 3.97. The van der Waals surface area contributed by atoms with Crippen LogP contribution in [0.25, 0.3) is 6.08 Å². The number of carbonyl (C=O) groups excluding carboxylic acids is 3. The van der Waals surface area contributed by atoms with E-state index in [1.54, 1.807) is 67.6 Å². The van der Waals surface area contributed by atoms with Gasteiger partial charge in [0, 0.05) is 17.2 Å². The van der Waals surface area contributed by atoms with E-state index in [4.69, 9.17) is 9.15 Å². The van der Waals surface area contributed by atoms with Gasteiger partial charge in [-0.3, -0.25) is 9.59 Å². The first-order chi connectivity index (χ1) is 14.0. The van der Waals surface area contributed by atoms with E-state index in [9.17, 15) is 14.4 Å². The molecule has 0 fully saturated rings. The fourth-order valence-corrected chi connectivity index (χ4v) is 2.60. The molecule has 6 heteroatoms. The van der Waals surface area contributed by atoms with Gasteiger partial charge in [-0.2, -0.15) is 0 Å². The molecule has 1 heterocycles. The molecule has 6 nitrogen and oxygen atoms in total. The Labute approximate surface area is 167 Å². The number of nitrogens with one attached hydrogen (secondary N) is 1. The Hall–Kier alpha value is -3.93. The van der Waals surface area contributed by atoms with Gasteiger partial charge < -0.3 is 14.5 Å². The summed E-state index contributed by atoms with van der Waals surface area (Å²) in [6.45, 7) is 1.31. The summed E-state index contributed by atoms with van der Waals surface area (Å²) in [4.78, 5) is 36.6. The minimum atomic E-state index is -0.678. The number of hydrogen-bond donors (Lipinski definition) is 1. The van der Waals surface area contributed by atoms with Crippen molar-refractivity contribution in [3.63, 3.8) is 0 Å². The summed E-state index contributed by atoms with van der Waals surface area (Å²) in [5, 5.41) is 2.61. The minimum Gasteiger partial charge on any atom is -0.462 e. The Kier molecular flexibility index (Phi) is 6.37. The molecule has 29 heavy (non-hydrogen) atoms. The Morgan fingerprint density at radius 2 is 1.69 bits per heavy atom. The van der Waals surface area contributed by atoms with Gasteiger partial charge >= 0.3 is 5.97 Å². The molecule has 0 aliphatic rings. The van der Waals surface area contributed by atoms with Crippen molar-refractivity contribution >= 4 is 29.4 Å². The van der Waals surface area contributed by atoms with Crippen molar-refractivity contribution < 1.29 is 23.5 Å². The molecular weight excluding hydrogens is 370 g/mol. The lowest BCUT2D eigenvalue weighted by molar-refractivity contribution is -0.142. The molecule has 0 radical (unpaired) electrons. The van der Waals surface area contributed by atoms with Gasteiger partial charge in [0.25, 0.3) is 5.91 Å². The van der Waals surface area contributed by atoms with Gasteiger partial charge in [-0.1, -0.05) is 42.5 Å². The van der Waals surface area contributed by atoms with E-state index in [-0.39, 0.29) is 5.78 Å². The first-order valence-electron chi connectivity index (χ1n) is 8.93. The van der Waals surface area contributed by atoms with Gasteiger partial charge in [0.2, 0.25) is 0 Å². The molecule has 0 unspecified atom stereocenters. The number of ketones is 1. The highest BCUT2D eigenvalue weighted by Gasteiger charge is 2.15. The number of benzene rings is 2. The number of aryl methyl sites for hydroxylation is 1. The predicted octanol–water partition coefficient (Wildman–Crippen LogP) is 4.01. The summed E-state index contributed by atoms with van der Waals surface area (Å²) >= 11 is 0. The van der Waals surface area contributed by atoms with Crippen molar-refractivity contribution in [1.29, 1.82) is 0 Å². The SMILES string of the molecule is Cc1ccc(/C=C/C(=O)OCC(=O)Nc2ccccc2C(=O)c2ccccc2)o1. The molecule has 0 aliphatic heterocycles. The molecule has 1 amide bonds. The second kappa shape index (κ2) is 9.32. The van der Waals surface area contributed by atoms with Crippen molar-refractivity contribution in [2.75, 3.05) is 11.9 Å². The van der Waals surface area contributed by atoms with Gasteiger partial charge in [-0.05, 0) is 37.3 Å². The number of ether oxygens (including phenoxy) is 1. The summed E-state index contributed by atoms with van der Waals surface area (Å²) < 4.78 is 10.2. The number of rotatable bonds is 7. The van der Waals surface area contributed by atoms with Crippen molar-refractivity contribution in [2.45, 2.75) is 6.92 Å². The standard InChI is InChI=1S/C23H19NO5/c1-16-11-12-18(29-16)13-14-22(26)28-15-21(25)24-20-10-6-5-9-19(20)23(27)17-7-3-2-4-8-17/h2-14H,15H2,1H3,(H,24,25)/b14-13+. The minimum absolute atomic E-state index is 0.213. The van der Waals surface area contributed by atoms with Crippen LogP contribution in [0.3, 0.4) is 0 Å². The summed E-state index contributed by atoms with van der Waals surface area (Å²) in [5.41, 5.74) is 1.22. The highest BCUT2D eigenvalue weighted by Crippen LogP contribution is 2.19. The number of furan rings is 1. The highest BCUT2D eigenvalue weighted by molar-refractivity contribution is 6.13. The topological polar surface area (TPSA) is 85.6 Å². The molecule has 0 saturated heterocycles. The highest BCUT2D eigenvalue weighted by atomic mass is 16.5. The first-order valence-corrected chi connectivity index (χ1v) is 8.93. The Balaban J connectivity index is 1.59. The Morgan fingerprint density at radius 1 is 0.966 bits per heavy atom. The summed E-state index contributed by atoms with van der Waals surface area (Å²) in [6.07, 6.45) is 2.64. The fourth-order valence-electron chi connectivity index (χ4n) is 2.60. The van der Waals surface area contributed by atoms with Crippen molar-refractivity contribution in [3.8, 4) is 0 Å². The molecular formula is C23H19NO5. The maximum Gasteiger partial charge on any atom is 0.331 e. The molecule has 2 aromatic carbocycles. The Morgan fingerprint density at radius 3 is 2.41 bits per heavy atom. The molecule has 0 saturated carbocycles. The molecule has 146 valence electrons. The van der Waals surface area contributed by atoms with Crippen LogP contribution in [-0.4, -0.2) is 24.3 Å². The van der Waals surface area contributed by atoms with E-state index in [0.29, 0.717) is 22.6 Å². The lowest BCUT2D eigenvalue weighted by Gasteiger charge is -2.10. The zero-order chi connectivity index (χ0) is 20.6. The second-order valence-corrected chi connectivity index (χ2v) is 6.18. The third kappa shape index (κ3) is 5.52. The van der Waals surface area contributed by atoms with Gasteiger partial charge in [0.1, 0.15) is 11.5 Å². The molecule has 1 aromatic heterocycles. The number of amides is 1. The van der Waals surface area contributed by atoms with E-state index in [1.807, 2.05) is 6.07 Å². The van der Waals surface area contributed by atoms with Gasteiger partial charge in [-0.25, -0.2) is 4.79 Å². The van der Waals surface area contributed by atoms with E-state index in [0.717, 1.165) is 5.76 Å². The van der Waals surface area contributed by atoms with Crippen LogP contribution in [0.1, 0.15) is 27.4 Å². The Bertz CT molecular complexity index is 1050. The number of anilines is 1. The molecule has 0 aliphatic carbocycles. The van der Waals surface area contributed by atoms with Gasteiger partial charge in [0.15, 0.2) is 12.4 Å². The lowest BCUT2D eigenvalue weighted by Crippen LogP contribution is -2.21. The summed E-state index contributed by atoms with van der Waals surface area (Å²) in [7, 11) is 0. The third-order valence-electron chi connectivity index (χ3n) is 3.97. The monoisotopic (exact) mass is 389 g/mol. The average molecular weight is 389 g/mol. The van der Waals surface area contributed by atoms with Crippen LogP contribution < -0.4 is 5.32 Å². The predicted molar refractivity (Wildman–Crippen MR) is 108 cm³/mol. The average Bonchev–Trinajstić information content (AvgIpc) is 3.16. The molecule has 3 aromatic rings. The van der Waals surface area contributed by atoms with E-state index < -0.39 is 18.5 Å². The van der Waals surface area contributed by atoms with Crippen LogP contribution in [0, 0.1) is 6.92 Å². The molecule has 0 atom stereocenters. The quantitative estimate of drug-likeness (QED) is 0.375. The zero-order valence-electron chi connectivity index (χ0n) is 15.8. The van der Waals surface area contributed by atoms with Crippen molar-refractivity contribution in [1.82, 2.24) is 0 Å². The lowest BCUT2D eigenvalue weighted by atomic mass is 10.0. The van der Waals surface area contributed by atoms with Crippen LogP contribution in [0.2, 0.25) is 0 Å². The van der Waals surface area contributed by atoms with Crippen LogP contribution >= 0.6 is 0 Å². The van der Waals surface area contributed by atoms with Crippen LogP contribution in [0.4, 0.5) is 5.69 Å². The van der Waals surface area contributed by atoms with Crippen LogP contribution in [-0.2, 0) is 14.3 Å². The second-order valence-electron chi connectivity index (χ2n) is 6.18. The number of hydrogen-bond acceptors (Lipinski definition) is 5. The summed E-state index contributed by atoms with van der Waals surface area (Å²) in [6, 6.07) is 18.9. The maximum absolute atomic E-state index is 12.7. The fraction of sp³-hybridized carbons (Fsp3) is 0.0870.